The fraction of sp³-hybridized carbons (Fsp3) is 0.357. The summed E-state index contributed by atoms with van der Waals surface area (Å²) in [5.74, 6) is -1.03. The van der Waals surface area contributed by atoms with Crippen LogP contribution in [0.25, 0.3) is 0 Å². The molecule has 0 fully saturated rings. The molecule has 0 aliphatic rings. The quantitative estimate of drug-likeness (QED) is 0.866. The number of nitrogens with zero attached hydrogens (tertiary/aromatic N) is 2. The van der Waals surface area contributed by atoms with Gasteiger partial charge in [0.05, 0.1) is 11.3 Å². The lowest BCUT2D eigenvalue weighted by Gasteiger charge is -2.06. The lowest BCUT2D eigenvalue weighted by atomic mass is 10.1. The molecule has 2 heterocycles. The lowest BCUT2D eigenvalue weighted by molar-refractivity contribution is 0.0696. The lowest BCUT2D eigenvalue weighted by Crippen LogP contribution is -2.20. The number of hydrogen-bond donors (Lipinski definition) is 2. The van der Waals surface area contributed by atoms with Crippen LogP contribution in [0.5, 0.6) is 0 Å². The van der Waals surface area contributed by atoms with E-state index < -0.39 is 5.97 Å². The molecule has 0 saturated heterocycles. The number of pyridine rings is 1. The van der Waals surface area contributed by atoms with Gasteiger partial charge in [0, 0.05) is 24.5 Å². The third-order valence-electron chi connectivity index (χ3n) is 3.34. The van der Waals surface area contributed by atoms with Crippen LogP contribution < -0.4 is 5.56 Å². The molecular weight excluding hydrogens is 258 g/mol. The van der Waals surface area contributed by atoms with Crippen LogP contribution in [-0.2, 0) is 13.0 Å². The largest absolute Gasteiger partial charge is 0.478 e. The number of carboxylic acids is 1. The number of aryl methyl sites for hydroxylation is 3. The standard InChI is InChI=1S/C14H17N3O3/c1-9-12(10(2)16-15-9)4-3-7-17-8-11(14(19)20)5-6-13(17)18/h5-6,8H,3-4,7H2,1-2H3,(H,15,16)(H,19,20). The van der Waals surface area contributed by atoms with E-state index in [4.69, 9.17) is 5.11 Å². The average Bonchev–Trinajstić information content (AvgIpc) is 2.72. The van der Waals surface area contributed by atoms with Crippen molar-refractivity contribution in [1.82, 2.24) is 14.8 Å². The predicted molar refractivity (Wildman–Crippen MR) is 74.0 cm³/mol. The van der Waals surface area contributed by atoms with Gasteiger partial charge in [-0.15, -0.1) is 0 Å². The smallest absolute Gasteiger partial charge is 0.337 e. The Labute approximate surface area is 116 Å². The van der Waals surface area contributed by atoms with Crippen molar-refractivity contribution in [3.8, 4) is 0 Å². The van der Waals surface area contributed by atoms with Crippen molar-refractivity contribution in [2.24, 2.45) is 0 Å². The minimum Gasteiger partial charge on any atom is -0.478 e. The highest BCUT2D eigenvalue weighted by atomic mass is 16.4. The highest BCUT2D eigenvalue weighted by Gasteiger charge is 2.08. The molecule has 2 aromatic heterocycles. The second-order valence-electron chi connectivity index (χ2n) is 4.77. The van der Waals surface area contributed by atoms with E-state index >= 15 is 0 Å². The first-order chi connectivity index (χ1) is 9.49. The van der Waals surface area contributed by atoms with Crippen LogP contribution in [0.4, 0.5) is 0 Å². The van der Waals surface area contributed by atoms with Crippen molar-refractivity contribution >= 4 is 5.97 Å². The summed E-state index contributed by atoms with van der Waals surface area (Å²) in [6, 6.07) is 2.61. The Balaban J connectivity index is 2.06. The summed E-state index contributed by atoms with van der Waals surface area (Å²) in [6.45, 7) is 4.40. The molecular formula is C14H17N3O3. The van der Waals surface area contributed by atoms with Gasteiger partial charge >= 0.3 is 5.97 Å². The third kappa shape index (κ3) is 2.96. The fourth-order valence-corrected chi connectivity index (χ4v) is 2.20. The SMILES string of the molecule is Cc1n[nH]c(C)c1CCCn1cc(C(=O)O)ccc1=O. The third-order valence-corrected chi connectivity index (χ3v) is 3.34. The first-order valence-electron chi connectivity index (χ1n) is 6.43. The topological polar surface area (TPSA) is 88.0 Å². The molecule has 6 heteroatoms. The molecule has 0 amide bonds. The number of rotatable bonds is 5. The van der Waals surface area contributed by atoms with Crippen molar-refractivity contribution < 1.29 is 9.90 Å². The number of nitrogens with one attached hydrogen (secondary N) is 1. The van der Waals surface area contributed by atoms with Crippen LogP contribution in [0.3, 0.4) is 0 Å². The Morgan fingerprint density at radius 2 is 2.15 bits per heavy atom. The average molecular weight is 275 g/mol. The highest BCUT2D eigenvalue weighted by Crippen LogP contribution is 2.12. The summed E-state index contributed by atoms with van der Waals surface area (Å²) >= 11 is 0. The molecule has 20 heavy (non-hydrogen) atoms. The van der Waals surface area contributed by atoms with E-state index in [2.05, 4.69) is 10.2 Å². The van der Waals surface area contributed by atoms with E-state index in [0.29, 0.717) is 6.54 Å². The Kier molecular flexibility index (Phi) is 4.02. The molecule has 0 bridgehead atoms. The van der Waals surface area contributed by atoms with Crippen molar-refractivity contribution in [2.75, 3.05) is 0 Å². The van der Waals surface area contributed by atoms with Crippen molar-refractivity contribution in [3.05, 3.63) is 51.2 Å². The summed E-state index contributed by atoms with van der Waals surface area (Å²) in [6.07, 6.45) is 2.95. The van der Waals surface area contributed by atoms with Gasteiger partial charge in [-0.1, -0.05) is 0 Å². The zero-order chi connectivity index (χ0) is 14.7. The number of hydrogen-bond acceptors (Lipinski definition) is 3. The molecule has 106 valence electrons. The van der Waals surface area contributed by atoms with Crippen molar-refractivity contribution in [1.29, 1.82) is 0 Å². The maximum Gasteiger partial charge on any atom is 0.337 e. The van der Waals surface area contributed by atoms with Gasteiger partial charge in [0.2, 0.25) is 0 Å². The van der Waals surface area contributed by atoms with Gasteiger partial charge in [-0.25, -0.2) is 4.79 Å². The highest BCUT2D eigenvalue weighted by molar-refractivity contribution is 5.87. The van der Waals surface area contributed by atoms with E-state index in [0.717, 1.165) is 29.8 Å². The van der Waals surface area contributed by atoms with E-state index in [1.165, 1.54) is 22.9 Å². The molecule has 0 spiro atoms. The second-order valence-corrected chi connectivity index (χ2v) is 4.77. The zero-order valence-corrected chi connectivity index (χ0v) is 11.5. The number of H-pyrrole nitrogens is 1. The molecule has 2 aromatic rings. The van der Waals surface area contributed by atoms with Crippen LogP contribution in [0, 0.1) is 13.8 Å². The molecule has 0 aliphatic heterocycles. The van der Waals surface area contributed by atoms with Crippen LogP contribution in [0.1, 0.15) is 33.7 Å². The minimum atomic E-state index is -1.03. The number of aromatic nitrogens is 3. The molecule has 0 radical (unpaired) electrons. The van der Waals surface area contributed by atoms with Gasteiger partial charge in [-0.3, -0.25) is 9.89 Å². The molecule has 0 aromatic carbocycles. The number of aromatic amines is 1. The number of aromatic carboxylic acids is 1. The first kappa shape index (κ1) is 14.0. The van der Waals surface area contributed by atoms with Gasteiger partial charge in [0.25, 0.3) is 5.56 Å². The van der Waals surface area contributed by atoms with E-state index in [-0.39, 0.29) is 11.1 Å². The van der Waals surface area contributed by atoms with Gasteiger partial charge < -0.3 is 9.67 Å². The first-order valence-corrected chi connectivity index (χ1v) is 6.43. The number of carboxylic acid groups (broad SMARTS) is 1. The molecule has 6 nitrogen and oxygen atoms in total. The maximum atomic E-state index is 11.7. The van der Waals surface area contributed by atoms with Gasteiger partial charge in [0.15, 0.2) is 0 Å². The number of carbonyl (C=O) groups is 1. The predicted octanol–water partition coefficient (Wildman–Crippen LogP) is 1.52. The van der Waals surface area contributed by atoms with Crippen LogP contribution in [0.2, 0.25) is 0 Å². The van der Waals surface area contributed by atoms with Crippen LogP contribution in [-0.4, -0.2) is 25.8 Å². The van der Waals surface area contributed by atoms with Crippen LogP contribution >= 0.6 is 0 Å². The summed E-state index contributed by atoms with van der Waals surface area (Å²) in [4.78, 5) is 22.6. The Bertz CT molecular complexity index is 666. The van der Waals surface area contributed by atoms with E-state index in [1.807, 2.05) is 13.8 Å². The Morgan fingerprint density at radius 1 is 1.40 bits per heavy atom. The molecule has 0 aliphatic carbocycles. The van der Waals surface area contributed by atoms with E-state index in [9.17, 15) is 9.59 Å². The molecule has 2 N–H and O–H groups in total. The maximum absolute atomic E-state index is 11.7. The second kappa shape index (κ2) is 5.73. The van der Waals surface area contributed by atoms with Gasteiger partial charge in [-0.05, 0) is 38.3 Å². The van der Waals surface area contributed by atoms with Crippen molar-refractivity contribution in [2.45, 2.75) is 33.2 Å². The minimum absolute atomic E-state index is 0.125. The summed E-state index contributed by atoms with van der Waals surface area (Å²) in [7, 11) is 0. The summed E-state index contributed by atoms with van der Waals surface area (Å²) < 4.78 is 1.44. The molecule has 0 saturated carbocycles. The normalized spacial score (nSPS) is 10.7. The van der Waals surface area contributed by atoms with E-state index in [1.54, 1.807) is 0 Å². The fourth-order valence-electron chi connectivity index (χ4n) is 2.20. The van der Waals surface area contributed by atoms with Crippen molar-refractivity contribution in [3.63, 3.8) is 0 Å². The monoisotopic (exact) mass is 275 g/mol. The van der Waals surface area contributed by atoms with Crippen LogP contribution in [0.15, 0.2) is 23.1 Å². The summed E-state index contributed by atoms with van der Waals surface area (Å²) in [5.41, 5.74) is 3.10. The van der Waals surface area contributed by atoms with Gasteiger partial charge in [-0.2, -0.15) is 5.10 Å². The Morgan fingerprint density at radius 3 is 2.75 bits per heavy atom. The molecule has 0 atom stereocenters. The zero-order valence-electron chi connectivity index (χ0n) is 11.5. The van der Waals surface area contributed by atoms with Gasteiger partial charge in [0.1, 0.15) is 0 Å². The molecule has 0 unspecified atom stereocenters. The Hall–Kier alpha value is -2.37. The molecule has 2 rings (SSSR count). The summed E-state index contributed by atoms with van der Waals surface area (Å²) in [5, 5.41) is 16.0.